The van der Waals surface area contributed by atoms with Gasteiger partial charge in [0.25, 0.3) is 5.91 Å². The van der Waals surface area contributed by atoms with Crippen molar-refractivity contribution in [2.24, 2.45) is 5.73 Å². The molecule has 0 saturated carbocycles. The summed E-state index contributed by atoms with van der Waals surface area (Å²) in [6, 6.07) is 8.36. The van der Waals surface area contributed by atoms with Crippen LogP contribution in [0, 0.1) is 6.92 Å². The van der Waals surface area contributed by atoms with Crippen molar-refractivity contribution in [3.8, 4) is 5.75 Å². The zero-order valence-corrected chi connectivity index (χ0v) is 13.8. The van der Waals surface area contributed by atoms with Crippen molar-refractivity contribution in [1.82, 2.24) is 4.72 Å². The summed E-state index contributed by atoms with van der Waals surface area (Å²) in [5, 5.41) is 0. The maximum atomic E-state index is 12.3. The third-order valence-corrected chi connectivity index (χ3v) is 5.75. The highest BCUT2D eigenvalue weighted by Gasteiger charge is 2.21. The van der Waals surface area contributed by atoms with E-state index in [0.29, 0.717) is 10.6 Å². The van der Waals surface area contributed by atoms with Gasteiger partial charge < -0.3 is 10.5 Å². The Balaban J connectivity index is 2.15. The van der Waals surface area contributed by atoms with Crippen LogP contribution in [0.1, 0.15) is 20.1 Å². The molecule has 2 rings (SSSR count). The molecule has 6 nitrogen and oxygen atoms in total. The predicted molar refractivity (Wildman–Crippen MR) is 84.6 cm³/mol. The Morgan fingerprint density at radius 3 is 2.45 bits per heavy atom. The average molecular weight is 340 g/mol. The molecule has 0 atom stereocenters. The summed E-state index contributed by atoms with van der Waals surface area (Å²) in [5.74, 6) is 0.0658. The lowest BCUT2D eigenvalue weighted by Crippen LogP contribution is -2.23. The fraction of sp³-hybridized carbons (Fsp3) is 0.214. The van der Waals surface area contributed by atoms with Crippen LogP contribution in [0.15, 0.2) is 35.2 Å². The van der Waals surface area contributed by atoms with Crippen LogP contribution >= 0.6 is 11.3 Å². The molecule has 0 unspecified atom stereocenters. The molecule has 0 aliphatic heterocycles. The van der Waals surface area contributed by atoms with Gasteiger partial charge in [-0.05, 0) is 30.7 Å². The molecule has 1 aromatic carbocycles. The quantitative estimate of drug-likeness (QED) is 0.835. The van der Waals surface area contributed by atoms with Crippen LogP contribution in [0.2, 0.25) is 0 Å². The number of rotatable bonds is 6. The van der Waals surface area contributed by atoms with E-state index in [9.17, 15) is 13.2 Å². The smallest absolute Gasteiger partial charge is 0.258 e. The number of nitrogens with one attached hydrogen (secondary N) is 1. The number of carbonyl (C=O) groups excluding carboxylic acids is 1. The molecule has 0 spiro atoms. The van der Waals surface area contributed by atoms with Crippen molar-refractivity contribution in [3.63, 3.8) is 0 Å². The van der Waals surface area contributed by atoms with Gasteiger partial charge in [-0.15, -0.1) is 11.3 Å². The lowest BCUT2D eigenvalue weighted by Gasteiger charge is -2.07. The lowest BCUT2D eigenvalue weighted by atomic mass is 10.2. The van der Waals surface area contributed by atoms with Crippen LogP contribution in [-0.2, 0) is 16.6 Å². The summed E-state index contributed by atoms with van der Waals surface area (Å²) in [6.07, 6.45) is 0. The SMILES string of the molecule is COc1ccc(CNS(=O)(=O)c2cc(C(N)=O)sc2C)cc1. The minimum atomic E-state index is -3.70. The summed E-state index contributed by atoms with van der Waals surface area (Å²) in [7, 11) is -2.13. The topological polar surface area (TPSA) is 98.5 Å². The van der Waals surface area contributed by atoms with E-state index in [1.54, 1.807) is 38.3 Å². The first kappa shape index (κ1) is 16.5. The lowest BCUT2D eigenvalue weighted by molar-refractivity contribution is 0.100. The maximum absolute atomic E-state index is 12.3. The minimum absolute atomic E-state index is 0.0832. The monoisotopic (exact) mass is 340 g/mol. The fourth-order valence-electron chi connectivity index (χ4n) is 1.85. The Labute approximate surface area is 133 Å². The van der Waals surface area contributed by atoms with Crippen LogP contribution in [-0.4, -0.2) is 21.4 Å². The zero-order valence-electron chi connectivity index (χ0n) is 12.1. The predicted octanol–water partition coefficient (Wildman–Crippen LogP) is 1.64. The molecule has 0 aliphatic carbocycles. The summed E-state index contributed by atoms with van der Waals surface area (Å²) in [5.41, 5.74) is 5.97. The number of aryl methyl sites for hydroxylation is 1. The third-order valence-electron chi connectivity index (χ3n) is 3.03. The molecular formula is C14H16N2O4S2. The highest BCUT2D eigenvalue weighted by molar-refractivity contribution is 7.89. The first-order chi connectivity index (χ1) is 10.3. The van der Waals surface area contributed by atoms with Gasteiger partial charge in [-0.3, -0.25) is 4.79 Å². The summed E-state index contributed by atoms with van der Waals surface area (Å²) >= 11 is 1.07. The van der Waals surface area contributed by atoms with E-state index in [0.717, 1.165) is 16.9 Å². The Morgan fingerprint density at radius 1 is 1.32 bits per heavy atom. The Bertz CT molecular complexity index is 780. The van der Waals surface area contributed by atoms with Gasteiger partial charge in [-0.2, -0.15) is 0 Å². The highest BCUT2D eigenvalue weighted by Crippen LogP contribution is 2.25. The number of carbonyl (C=O) groups is 1. The number of hydrogen-bond acceptors (Lipinski definition) is 5. The highest BCUT2D eigenvalue weighted by atomic mass is 32.2. The number of hydrogen-bond donors (Lipinski definition) is 2. The second-order valence-corrected chi connectivity index (χ2v) is 7.56. The normalized spacial score (nSPS) is 11.4. The Kier molecular flexibility index (Phi) is 4.84. The van der Waals surface area contributed by atoms with E-state index in [-0.39, 0.29) is 16.3 Å². The molecule has 0 bridgehead atoms. The second kappa shape index (κ2) is 6.47. The van der Waals surface area contributed by atoms with E-state index in [1.807, 2.05) is 0 Å². The first-order valence-corrected chi connectivity index (χ1v) is 8.66. The van der Waals surface area contributed by atoms with Crippen molar-refractivity contribution < 1.29 is 17.9 Å². The van der Waals surface area contributed by atoms with Crippen LogP contribution in [0.5, 0.6) is 5.75 Å². The molecule has 22 heavy (non-hydrogen) atoms. The van der Waals surface area contributed by atoms with Crippen molar-refractivity contribution in [1.29, 1.82) is 0 Å². The van der Waals surface area contributed by atoms with Crippen molar-refractivity contribution >= 4 is 27.3 Å². The molecule has 0 aliphatic rings. The zero-order chi connectivity index (χ0) is 16.3. The van der Waals surface area contributed by atoms with E-state index in [4.69, 9.17) is 10.5 Å². The number of benzene rings is 1. The summed E-state index contributed by atoms with van der Waals surface area (Å²) in [6.45, 7) is 1.78. The fourth-order valence-corrected chi connectivity index (χ4v) is 4.31. The number of ether oxygens (including phenoxy) is 1. The largest absolute Gasteiger partial charge is 0.497 e. The van der Waals surface area contributed by atoms with Gasteiger partial charge in [0.1, 0.15) is 5.75 Å². The summed E-state index contributed by atoms with van der Waals surface area (Å²) < 4.78 is 32.2. The van der Waals surface area contributed by atoms with Gasteiger partial charge in [-0.1, -0.05) is 12.1 Å². The maximum Gasteiger partial charge on any atom is 0.258 e. The molecule has 8 heteroatoms. The number of sulfonamides is 1. The number of thiophene rings is 1. The average Bonchev–Trinajstić information content (AvgIpc) is 2.89. The van der Waals surface area contributed by atoms with Crippen LogP contribution in [0.3, 0.4) is 0 Å². The third kappa shape index (κ3) is 3.65. The minimum Gasteiger partial charge on any atom is -0.497 e. The van der Waals surface area contributed by atoms with Crippen LogP contribution in [0.25, 0.3) is 0 Å². The second-order valence-electron chi connectivity index (χ2n) is 4.57. The molecule has 0 fully saturated rings. The van der Waals surface area contributed by atoms with E-state index in [2.05, 4.69) is 4.72 Å². The molecule has 1 heterocycles. The number of primary amides is 1. The number of nitrogens with two attached hydrogens (primary N) is 1. The molecule has 3 N–H and O–H groups in total. The van der Waals surface area contributed by atoms with Gasteiger partial charge in [0.05, 0.1) is 16.9 Å². The van der Waals surface area contributed by atoms with Gasteiger partial charge in [0, 0.05) is 11.4 Å². The van der Waals surface area contributed by atoms with Crippen LogP contribution in [0.4, 0.5) is 0 Å². The molecular weight excluding hydrogens is 324 g/mol. The van der Waals surface area contributed by atoms with Crippen molar-refractivity contribution in [2.45, 2.75) is 18.4 Å². The van der Waals surface area contributed by atoms with E-state index in [1.165, 1.54) is 6.07 Å². The summed E-state index contributed by atoms with van der Waals surface area (Å²) in [4.78, 5) is 12.0. The van der Waals surface area contributed by atoms with Gasteiger partial charge in [0.2, 0.25) is 10.0 Å². The molecule has 2 aromatic rings. The molecule has 0 saturated heterocycles. The Morgan fingerprint density at radius 2 is 1.95 bits per heavy atom. The van der Waals surface area contributed by atoms with Gasteiger partial charge >= 0.3 is 0 Å². The van der Waals surface area contributed by atoms with Crippen molar-refractivity contribution in [3.05, 3.63) is 45.6 Å². The van der Waals surface area contributed by atoms with Gasteiger partial charge in [0.15, 0.2) is 0 Å². The standard InChI is InChI=1S/C14H16N2O4S2/c1-9-13(7-12(21-9)14(15)17)22(18,19)16-8-10-3-5-11(20-2)6-4-10/h3-7,16H,8H2,1-2H3,(H2,15,17). The van der Waals surface area contributed by atoms with Gasteiger partial charge in [-0.25, -0.2) is 13.1 Å². The molecule has 1 amide bonds. The van der Waals surface area contributed by atoms with E-state index < -0.39 is 15.9 Å². The number of methoxy groups -OCH3 is 1. The van der Waals surface area contributed by atoms with E-state index >= 15 is 0 Å². The molecule has 0 radical (unpaired) electrons. The molecule has 1 aromatic heterocycles. The van der Waals surface area contributed by atoms with Crippen LogP contribution < -0.4 is 15.2 Å². The molecule has 118 valence electrons. The first-order valence-electron chi connectivity index (χ1n) is 6.36. The van der Waals surface area contributed by atoms with Crippen molar-refractivity contribution in [2.75, 3.05) is 7.11 Å². The number of amides is 1. The Hall–Kier alpha value is -1.90.